The van der Waals surface area contributed by atoms with Crippen molar-refractivity contribution in [3.63, 3.8) is 0 Å². The molecule has 2 rings (SSSR count). The van der Waals surface area contributed by atoms with Gasteiger partial charge in [0.1, 0.15) is 11.5 Å². The highest BCUT2D eigenvalue weighted by Crippen LogP contribution is 2.35. The normalized spacial score (nSPS) is 13.9. The topological polar surface area (TPSA) is 71.1 Å². The number of carbonyl (C=O) groups is 2. The summed E-state index contributed by atoms with van der Waals surface area (Å²) in [4.78, 5) is 24.9. The molecular formula is C21H26O6. The fraction of sp³-hybridized carbons (Fsp3) is 0.429. The summed E-state index contributed by atoms with van der Waals surface area (Å²) in [5, 5.41) is 1.33. The second kappa shape index (κ2) is 8.50. The van der Waals surface area contributed by atoms with Crippen LogP contribution in [0.15, 0.2) is 36.4 Å². The first kappa shape index (κ1) is 20.9. The van der Waals surface area contributed by atoms with Gasteiger partial charge < -0.3 is 18.9 Å². The van der Waals surface area contributed by atoms with Crippen molar-refractivity contribution in [1.82, 2.24) is 0 Å². The first-order chi connectivity index (χ1) is 12.7. The molecule has 0 fully saturated rings. The fourth-order valence-electron chi connectivity index (χ4n) is 2.47. The average Bonchev–Trinajstić information content (AvgIpc) is 2.61. The van der Waals surface area contributed by atoms with E-state index in [9.17, 15) is 9.59 Å². The monoisotopic (exact) mass is 374 g/mol. The molecule has 0 heterocycles. The zero-order valence-electron chi connectivity index (χ0n) is 16.6. The Morgan fingerprint density at radius 2 is 1.44 bits per heavy atom. The van der Waals surface area contributed by atoms with Gasteiger partial charge in [-0.05, 0) is 45.2 Å². The van der Waals surface area contributed by atoms with Gasteiger partial charge in [0.15, 0.2) is 6.10 Å². The Labute approximate surface area is 159 Å². The Bertz CT molecular complexity index is 816. The van der Waals surface area contributed by atoms with E-state index in [1.807, 2.05) is 12.1 Å². The van der Waals surface area contributed by atoms with Crippen molar-refractivity contribution < 1.29 is 28.5 Å². The van der Waals surface area contributed by atoms with Crippen molar-refractivity contribution in [1.29, 1.82) is 0 Å². The molecule has 0 radical (unpaired) electrons. The van der Waals surface area contributed by atoms with E-state index in [4.69, 9.17) is 18.9 Å². The maximum atomic E-state index is 12.5. The van der Waals surface area contributed by atoms with Crippen LogP contribution in [0.3, 0.4) is 0 Å². The highest BCUT2D eigenvalue weighted by Gasteiger charge is 2.28. The lowest BCUT2D eigenvalue weighted by Gasteiger charge is -2.21. The second-order valence-corrected chi connectivity index (χ2v) is 7.27. The van der Waals surface area contributed by atoms with Crippen LogP contribution in [0.1, 0.15) is 27.7 Å². The third-order valence-electron chi connectivity index (χ3n) is 4.14. The van der Waals surface area contributed by atoms with E-state index in [-0.39, 0.29) is 5.97 Å². The van der Waals surface area contributed by atoms with Crippen molar-refractivity contribution in [3.8, 4) is 11.5 Å². The summed E-state index contributed by atoms with van der Waals surface area (Å²) in [6.45, 7) is 7.04. The van der Waals surface area contributed by atoms with Crippen LogP contribution in [-0.2, 0) is 19.1 Å². The molecule has 0 aliphatic carbocycles. The Morgan fingerprint density at radius 3 is 1.93 bits per heavy atom. The van der Waals surface area contributed by atoms with Gasteiger partial charge in [0.25, 0.3) is 0 Å². The summed E-state index contributed by atoms with van der Waals surface area (Å²) in [5.41, 5.74) is -0.664. The largest absolute Gasteiger partial charge is 0.425 e. The molecule has 0 bridgehead atoms. The number of methoxy groups -OCH3 is 2. The van der Waals surface area contributed by atoms with Crippen LogP contribution in [-0.4, -0.2) is 38.4 Å². The van der Waals surface area contributed by atoms with E-state index in [0.717, 1.165) is 5.39 Å². The Morgan fingerprint density at radius 1 is 0.889 bits per heavy atom. The van der Waals surface area contributed by atoms with Crippen molar-refractivity contribution in [2.75, 3.05) is 14.2 Å². The lowest BCUT2D eigenvalue weighted by molar-refractivity contribution is -0.153. The van der Waals surface area contributed by atoms with Crippen LogP contribution in [0.25, 0.3) is 10.8 Å². The van der Waals surface area contributed by atoms with Crippen molar-refractivity contribution in [2.45, 2.75) is 39.9 Å². The number of ether oxygens (including phenoxy) is 4. The lowest BCUT2D eigenvalue weighted by atomic mass is 9.97. The van der Waals surface area contributed by atoms with Gasteiger partial charge in [-0.1, -0.05) is 24.3 Å². The Balaban J connectivity index is 2.43. The van der Waals surface area contributed by atoms with Gasteiger partial charge in [-0.15, -0.1) is 0 Å². The van der Waals surface area contributed by atoms with E-state index in [0.29, 0.717) is 16.9 Å². The predicted molar refractivity (Wildman–Crippen MR) is 102 cm³/mol. The number of rotatable bonds is 6. The van der Waals surface area contributed by atoms with Crippen molar-refractivity contribution in [2.24, 2.45) is 5.41 Å². The number of fused-ring (bicyclic) bond motifs is 1. The summed E-state index contributed by atoms with van der Waals surface area (Å²) in [6.07, 6.45) is -1.36. The number of hydrogen-bond acceptors (Lipinski definition) is 6. The minimum absolute atomic E-state index is 0.292. The van der Waals surface area contributed by atoms with Gasteiger partial charge in [0, 0.05) is 14.2 Å². The third kappa shape index (κ3) is 4.84. The molecule has 0 N–H and O–H groups in total. The molecule has 0 aliphatic heterocycles. The number of benzene rings is 2. The van der Waals surface area contributed by atoms with Gasteiger partial charge in [-0.3, -0.25) is 4.79 Å². The van der Waals surface area contributed by atoms with E-state index >= 15 is 0 Å². The minimum atomic E-state index is -0.880. The van der Waals surface area contributed by atoms with Crippen LogP contribution in [0.4, 0.5) is 0 Å². The smallest absolute Gasteiger partial charge is 0.343 e. The number of esters is 2. The molecule has 0 amide bonds. The first-order valence-corrected chi connectivity index (χ1v) is 8.70. The number of carbonyl (C=O) groups excluding carboxylic acids is 2. The lowest BCUT2D eigenvalue weighted by Crippen LogP contribution is -2.38. The first-order valence-electron chi connectivity index (χ1n) is 8.70. The van der Waals surface area contributed by atoms with Crippen LogP contribution >= 0.6 is 0 Å². The van der Waals surface area contributed by atoms with Crippen LogP contribution < -0.4 is 9.47 Å². The Hall–Kier alpha value is -2.44. The third-order valence-corrected chi connectivity index (χ3v) is 4.14. The highest BCUT2D eigenvalue weighted by atomic mass is 16.6. The molecule has 27 heavy (non-hydrogen) atoms. The van der Waals surface area contributed by atoms with Crippen LogP contribution in [0.5, 0.6) is 11.5 Å². The predicted octanol–water partition coefficient (Wildman–Crippen LogP) is 3.75. The summed E-state index contributed by atoms with van der Waals surface area (Å²) in [7, 11) is 2.91. The molecule has 0 spiro atoms. The van der Waals surface area contributed by atoms with Gasteiger partial charge in [-0.2, -0.15) is 0 Å². The molecule has 2 aromatic carbocycles. The fourth-order valence-corrected chi connectivity index (χ4v) is 2.47. The standard InChI is InChI=1S/C21H26O6/c1-13(24-5)18(25-6)19(22)26-15-11-7-9-14-10-8-12-16(17(14)15)27-20(23)21(2,3)4/h7-13,18H,1-6H3. The zero-order chi connectivity index (χ0) is 20.2. The van der Waals surface area contributed by atoms with Crippen LogP contribution in [0, 0.1) is 5.41 Å². The average molecular weight is 374 g/mol. The summed E-state index contributed by atoms with van der Waals surface area (Å²) < 4.78 is 21.5. The maximum absolute atomic E-state index is 12.5. The Kier molecular flexibility index (Phi) is 6.57. The number of hydrogen-bond donors (Lipinski definition) is 0. The van der Waals surface area contributed by atoms with E-state index in [1.54, 1.807) is 52.0 Å². The van der Waals surface area contributed by atoms with Crippen LogP contribution in [0.2, 0.25) is 0 Å². The molecule has 2 atom stereocenters. The van der Waals surface area contributed by atoms with Gasteiger partial charge in [0.05, 0.1) is 16.9 Å². The molecular weight excluding hydrogens is 348 g/mol. The molecule has 6 heteroatoms. The summed E-state index contributed by atoms with van der Waals surface area (Å²) in [5.74, 6) is -0.333. The van der Waals surface area contributed by atoms with Gasteiger partial charge >= 0.3 is 11.9 Å². The zero-order valence-corrected chi connectivity index (χ0v) is 16.6. The minimum Gasteiger partial charge on any atom is -0.425 e. The highest BCUT2D eigenvalue weighted by molar-refractivity contribution is 5.97. The molecule has 0 aliphatic rings. The van der Waals surface area contributed by atoms with E-state index in [2.05, 4.69) is 0 Å². The molecule has 6 nitrogen and oxygen atoms in total. The molecule has 146 valence electrons. The quantitative estimate of drug-likeness (QED) is 0.566. The van der Waals surface area contributed by atoms with E-state index < -0.39 is 23.6 Å². The molecule has 2 aromatic rings. The van der Waals surface area contributed by atoms with Gasteiger partial charge in [-0.25, -0.2) is 4.79 Å². The molecule has 0 aromatic heterocycles. The molecule has 2 unspecified atom stereocenters. The SMILES string of the molecule is COC(C)C(OC)C(=O)Oc1cccc2cccc(OC(=O)C(C)(C)C)c12. The van der Waals surface area contributed by atoms with Gasteiger partial charge in [0.2, 0.25) is 0 Å². The van der Waals surface area contributed by atoms with Crippen molar-refractivity contribution >= 4 is 22.7 Å². The second-order valence-electron chi connectivity index (χ2n) is 7.27. The van der Waals surface area contributed by atoms with Crippen molar-refractivity contribution in [3.05, 3.63) is 36.4 Å². The molecule has 0 saturated heterocycles. The summed E-state index contributed by atoms with van der Waals surface area (Å²) in [6, 6.07) is 10.6. The maximum Gasteiger partial charge on any atom is 0.343 e. The molecule has 0 saturated carbocycles. The van der Waals surface area contributed by atoms with E-state index in [1.165, 1.54) is 14.2 Å². The summed E-state index contributed by atoms with van der Waals surface area (Å²) >= 11 is 0.